The molecule has 0 atom stereocenters. The van der Waals surface area contributed by atoms with Gasteiger partial charge in [0.25, 0.3) is 11.8 Å². The Morgan fingerprint density at radius 3 is 2.21 bits per heavy atom. The molecule has 1 aliphatic heterocycles. The predicted molar refractivity (Wildman–Crippen MR) is 130 cm³/mol. The summed E-state index contributed by atoms with van der Waals surface area (Å²) in [6, 6.07) is 22.3. The van der Waals surface area contributed by atoms with Gasteiger partial charge in [-0.05, 0) is 54.3 Å². The maximum atomic E-state index is 12.7. The molecule has 3 aromatic rings. The minimum atomic E-state index is -3.78. The van der Waals surface area contributed by atoms with E-state index in [1.54, 1.807) is 30.3 Å². The first kappa shape index (κ1) is 23.7. The number of nitrogens with zero attached hydrogens (tertiary/aromatic N) is 1. The van der Waals surface area contributed by atoms with E-state index in [1.165, 1.54) is 12.1 Å². The summed E-state index contributed by atoms with van der Waals surface area (Å²) in [6.07, 6.45) is 2.05. The Kier molecular flexibility index (Phi) is 7.40. The Morgan fingerprint density at radius 2 is 1.44 bits per heavy atom. The summed E-state index contributed by atoms with van der Waals surface area (Å²) in [5.41, 5.74) is 2.48. The molecule has 8 heteroatoms. The highest BCUT2D eigenvalue weighted by Gasteiger charge is 2.20. The lowest BCUT2D eigenvalue weighted by atomic mass is 10.1. The minimum absolute atomic E-state index is 0.00610. The van der Waals surface area contributed by atoms with E-state index in [0.29, 0.717) is 5.56 Å². The Balaban J connectivity index is 1.39. The van der Waals surface area contributed by atoms with Gasteiger partial charge in [0.2, 0.25) is 10.0 Å². The number of hydrogen-bond acceptors (Lipinski definition) is 4. The second-order valence-corrected chi connectivity index (χ2v) is 9.99. The smallest absolute Gasteiger partial charge is 0.253 e. The summed E-state index contributed by atoms with van der Waals surface area (Å²) in [5.74, 6) is -0.386. The number of rotatable bonds is 8. The average molecular weight is 478 g/mol. The second kappa shape index (κ2) is 10.6. The van der Waals surface area contributed by atoms with Gasteiger partial charge < -0.3 is 10.2 Å². The summed E-state index contributed by atoms with van der Waals surface area (Å²) in [5, 5.41) is 2.81. The summed E-state index contributed by atoms with van der Waals surface area (Å²) in [6.45, 7) is 1.94. The van der Waals surface area contributed by atoms with Gasteiger partial charge >= 0.3 is 0 Å². The zero-order valence-corrected chi connectivity index (χ0v) is 19.6. The zero-order valence-electron chi connectivity index (χ0n) is 18.7. The number of hydrogen-bond donors (Lipinski definition) is 2. The lowest BCUT2D eigenvalue weighted by Gasteiger charge is -2.15. The van der Waals surface area contributed by atoms with Gasteiger partial charge in [-0.25, -0.2) is 13.1 Å². The van der Waals surface area contributed by atoms with Crippen LogP contribution in [-0.4, -0.2) is 38.2 Å². The first-order valence-electron chi connectivity index (χ1n) is 11.2. The van der Waals surface area contributed by atoms with E-state index in [0.717, 1.165) is 37.1 Å². The quantitative estimate of drug-likeness (QED) is 0.520. The lowest BCUT2D eigenvalue weighted by molar-refractivity contribution is 0.0792. The van der Waals surface area contributed by atoms with Crippen molar-refractivity contribution < 1.29 is 18.0 Å². The first-order valence-corrected chi connectivity index (χ1v) is 12.7. The van der Waals surface area contributed by atoms with Crippen LogP contribution >= 0.6 is 0 Å². The molecule has 3 aromatic carbocycles. The number of benzene rings is 3. The third-order valence-corrected chi connectivity index (χ3v) is 7.13. The summed E-state index contributed by atoms with van der Waals surface area (Å²) < 4.78 is 27.9. The Labute approximate surface area is 199 Å². The Bertz CT molecular complexity index is 1270. The largest absolute Gasteiger partial charge is 0.348 e. The molecule has 0 aromatic heterocycles. The van der Waals surface area contributed by atoms with Gasteiger partial charge in [-0.15, -0.1) is 0 Å². The fourth-order valence-electron chi connectivity index (χ4n) is 3.86. The van der Waals surface area contributed by atoms with Crippen LogP contribution in [0, 0.1) is 0 Å². The van der Waals surface area contributed by atoms with Crippen molar-refractivity contribution >= 4 is 21.8 Å². The lowest BCUT2D eigenvalue weighted by Crippen LogP contribution is -2.28. The van der Waals surface area contributed by atoms with Crippen LogP contribution in [0.2, 0.25) is 0 Å². The van der Waals surface area contributed by atoms with E-state index in [2.05, 4.69) is 10.0 Å². The van der Waals surface area contributed by atoms with Gasteiger partial charge in [-0.2, -0.15) is 0 Å². The number of nitrogens with one attached hydrogen (secondary N) is 2. The normalized spacial score (nSPS) is 13.6. The van der Waals surface area contributed by atoms with Crippen molar-refractivity contribution in [2.75, 3.05) is 13.1 Å². The van der Waals surface area contributed by atoms with Crippen LogP contribution in [0.15, 0.2) is 83.8 Å². The number of likely N-dealkylation sites (tertiary alicyclic amines) is 1. The molecule has 2 N–H and O–H groups in total. The maximum Gasteiger partial charge on any atom is 0.253 e. The topological polar surface area (TPSA) is 95.6 Å². The van der Waals surface area contributed by atoms with Gasteiger partial charge in [0, 0.05) is 37.3 Å². The standard InChI is InChI=1S/C26H27N3O4S/c30-25(27-18-21-10-6-12-23(16-21)26(31)29-14-4-5-15-29)22-11-7-13-24(17-22)34(32,33)28-19-20-8-2-1-3-9-20/h1-3,6-13,16-17,28H,4-5,14-15,18-19H2,(H,27,30). The SMILES string of the molecule is O=C(NCc1cccc(C(=O)N2CCCC2)c1)c1cccc(S(=O)(=O)NCc2ccccc2)c1. The molecule has 1 aliphatic rings. The van der Waals surface area contributed by atoms with Crippen LogP contribution in [0.25, 0.3) is 0 Å². The average Bonchev–Trinajstić information content (AvgIpc) is 3.42. The number of carbonyl (C=O) groups excluding carboxylic acids is 2. The fraction of sp³-hybridized carbons (Fsp3) is 0.231. The molecule has 0 unspecified atom stereocenters. The predicted octanol–water partition coefficient (Wildman–Crippen LogP) is 3.33. The highest BCUT2D eigenvalue weighted by atomic mass is 32.2. The van der Waals surface area contributed by atoms with Crippen molar-refractivity contribution in [3.8, 4) is 0 Å². The van der Waals surface area contributed by atoms with Crippen LogP contribution < -0.4 is 10.0 Å². The van der Waals surface area contributed by atoms with E-state index in [-0.39, 0.29) is 29.5 Å². The van der Waals surface area contributed by atoms with Crippen LogP contribution in [0.3, 0.4) is 0 Å². The molecule has 0 spiro atoms. The molecule has 0 saturated carbocycles. The van der Waals surface area contributed by atoms with Crippen molar-refractivity contribution in [3.63, 3.8) is 0 Å². The molecule has 0 radical (unpaired) electrons. The van der Waals surface area contributed by atoms with Gasteiger partial charge in [0.05, 0.1) is 4.90 Å². The molecular formula is C26H27N3O4S. The second-order valence-electron chi connectivity index (χ2n) is 8.22. The van der Waals surface area contributed by atoms with Crippen molar-refractivity contribution in [3.05, 3.63) is 101 Å². The van der Waals surface area contributed by atoms with Gasteiger partial charge in [0.15, 0.2) is 0 Å². The summed E-state index contributed by atoms with van der Waals surface area (Å²) >= 11 is 0. The van der Waals surface area contributed by atoms with Gasteiger partial charge in [0.1, 0.15) is 0 Å². The van der Waals surface area contributed by atoms with Crippen LogP contribution in [0.1, 0.15) is 44.7 Å². The van der Waals surface area contributed by atoms with Crippen molar-refractivity contribution in [2.45, 2.75) is 30.8 Å². The highest BCUT2D eigenvalue weighted by Crippen LogP contribution is 2.15. The molecule has 34 heavy (non-hydrogen) atoms. The molecule has 1 saturated heterocycles. The van der Waals surface area contributed by atoms with Crippen LogP contribution in [0.5, 0.6) is 0 Å². The zero-order chi connectivity index (χ0) is 24.0. The molecule has 7 nitrogen and oxygen atoms in total. The molecule has 176 valence electrons. The van der Waals surface area contributed by atoms with E-state index >= 15 is 0 Å². The summed E-state index contributed by atoms with van der Waals surface area (Å²) in [7, 11) is -3.78. The number of amides is 2. The third kappa shape index (κ3) is 5.89. The van der Waals surface area contributed by atoms with E-state index < -0.39 is 15.9 Å². The fourth-order valence-corrected chi connectivity index (χ4v) is 4.93. The Morgan fingerprint density at radius 1 is 0.765 bits per heavy atom. The molecule has 2 amide bonds. The number of carbonyl (C=O) groups is 2. The minimum Gasteiger partial charge on any atom is -0.348 e. The van der Waals surface area contributed by atoms with Crippen LogP contribution in [-0.2, 0) is 23.1 Å². The third-order valence-electron chi connectivity index (χ3n) is 5.74. The maximum absolute atomic E-state index is 12.7. The molecule has 1 heterocycles. The van der Waals surface area contributed by atoms with Gasteiger partial charge in [-0.1, -0.05) is 48.5 Å². The molecule has 4 rings (SSSR count). The van der Waals surface area contributed by atoms with E-state index in [9.17, 15) is 18.0 Å². The van der Waals surface area contributed by atoms with Gasteiger partial charge in [-0.3, -0.25) is 9.59 Å². The molecule has 0 bridgehead atoms. The van der Waals surface area contributed by atoms with Crippen molar-refractivity contribution in [1.29, 1.82) is 0 Å². The Hall–Kier alpha value is -3.49. The van der Waals surface area contributed by atoms with Crippen LogP contribution in [0.4, 0.5) is 0 Å². The highest BCUT2D eigenvalue weighted by molar-refractivity contribution is 7.89. The van der Waals surface area contributed by atoms with Crippen molar-refractivity contribution in [2.24, 2.45) is 0 Å². The number of sulfonamides is 1. The molecular weight excluding hydrogens is 450 g/mol. The van der Waals surface area contributed by atoms with E-state index in [1.807, 2.05) is 41.3 Å². The first-order chi connectivity index (χ1) is 16.4. The summed E-state index contributed by atoms with van der Waals surface area (Å²) in [4.78, 5) is 27.2. The monoisotopic (exact) mass is 477 g/mol. The molecule has 1 fully saturated rings. The van der Waals surface area contributed by atoms with Crippen molar-refractivity contribution in [1.82, 2.24) is 14.9 Å². The van der Waals surface area contributed by atoms with E-state index in [4.69, 9.17) is 0 Å². The molecule has 0 aliphatic carbocycles.